The van der Waals surface area contributed by atoms with E-state index < -0.39 is 5.97 Å². The molecule has 0 saturated heterocycles. The number of benzene rings is 2. The van der Waals surface area contributed by atoms with E-state index in [1.165, 1.54) is 18.2 Å². The van der Waals surface area contributed by atoms with E-state index in [2.05, 4.69) is 53.1 Å². The summed E-state index contributed by atoms with van der Waals surface area (Å²) in [5.41, 5.74) is 1.11. The van der Waals surface area contributed by atoms with E-state index in [4.69, 9.17) is 5.11 Å². The molecule has 0 atom stereocenters. The Bertz CT molecular complexity index is 731. The molecule has 1 amide bonds. The Morgan fingerprint density at radius 1 is 0.952 bits per heavy atom. The number of anilines is 1. The van der Waals surface area contributed by atoms with E-state index >= 15 is 0 Å². The van der Waals surface area contributed by atoms with Gasteiger partial charge in [0.15, 0.2) is 0 Å². The van der Waals surface area contributed by atoms with Crippen molar-refractivity contribution in [2.24, 2.45) is 0 Å². The van der Waals surface area contributed by atoms with Crippen molar-refractivity contribution in [3.05, 3.63) is 60.9 Å². The zero-order valence-corrected chi connectivity index (χ0v) is 15.1. The Labute approximate surface area is 145 Å². The van der Waals surface area contributed by atoms with Crippen LogP contribution in [0, 0.1) is 0 Å². The third-order valence-electron chi connectivity index (χ3n) is 2.64. The van der Waals surface area contributed by atoms with Crippen LogP contribution in [-0.4, -0.2) is 17.0 Å². The highest BCUT2D eigenvalue weighted by Crippen LogP contribution is 2.26. The van der Waals surface area contributed by atoms with Crippen LogP contribution in [0.5, 0.6) is 0 Å². The SMILES string of the molecule is O=C(O)c1ccc(NC(=O)c2cc(Br)ccc2Br)c(Br)c1. The minimum absolute atomic E-state index is 0.142. The molecule has 0 radical (unpaired) electrons. The second kappa shape index (κ2) is 6.72. The Balaban J connectivity index is 2.27. The maximum Gasteiger partial charge on any atom is 0.335 e. The van der Waals surface area contributed by atoms with Gasteiger partial charge in [-0.1, -0.05) is 15.9 Å². The van der Waals surface area contributed by atoms with Gasteiger partial charge in [0.2, 0.25) is 0 Å². The smallest absolute Gasteiger partial charge is 0.335 e. The number of halogens is 3. The molecule has 2 N–H and O–H groups in total. The number of carbonyl (C=O) groups is 2. The second-order valence-corrected chi connectivity index (χ2v) is 6.70. The van der Waals surface area contributed by atoms with Crippen molar-refractivity contribution in [2.75, 3.05) is 5.32 Å². The van der Waals surface area contributed by atoms with Gasteiger partial charge in [-0.05, 0) is 68.3 Å². The molecule has 0 aliphatic rings. The second-order valence-electron chi connectivity index (χ2n) is 4.08. The number of amides is 1. The first kappa shape index (κ1) is 16.2. The summed E-state index contributed by atoms with van der Waals surface area (Å²) in [7, 11) is 0. The standard InChI is InChI=1S/C14H8Br3NO3/c15-8-2-3-10(16)9(6-8)13(19)18-12-4-1-7(14(20)21)5-11(12)17/h1-6H,(H,18,19)(H,20,21). The topological polar surface area (TPSA) is 66.4 Å². The van der Waals surface area contributed by atoms with Crippen LogP contribution in [0.3, 0.4) is 0 Å². The van der Waals surface area contributed by atoms with E-state index in [1.54, 1.807) is 12.1 Å². The van der Waals surface area contributed by atoms with E-state index in [-0.39, 0.29) is 11.5 Å². The van der Waals surface area contributed by atoms with Gasteiger partial charge in [-0.25, -0.2) is 4.79 Å². The molecule has 108 valence electrons. The normalized spacial score (nSPS) is 10.2. The number of carboxylic acids is 1. The molecule has 0 bridgehead atoms. The molecular formula is C14H8Br3NO3. The highest BCUT2D eigenvalue weighted by Gasteiger charge is 2.13. The van der Waals surface area contributed by atoms with Crippen LogP contribution < -0.4 is 5.32 Å². The van der Waals surface area contributed by atoms with Crippen LogP contribution in [0.4, 0.5) is 5.69 Å². The fourth-order valence-electron chi connectivity index (χ4n) is 1.61. The molecule has 0 unspecified atom stereocenters. The summed E-state index contributed by atoms with van der Waals surface area (Å²) in [6.45, 7) is 0. The minimum Gasteiger partial charge on any atom is -0.478 e. The maximum absolute atomic E-state index is 12.3. The number of rotatable bonds is 3. The van der Waals surface area contributed by atoms with Gasteiger partial charge >= 0.3 is 5.97 Å². The fraction of sp³-hybridized carbons (Fsp3) is 0. The van der Waals surface area contributed by atoms with Crippen molar-refractivity contribution in [3.8, 4) is 0 Å². The van der Waals surface area contributed by atoms with Gasteiger partial charge in [-0.3, -0.25) is 4.79 Å². The quantitative estimate of drug-likeness (QED) is 0.659. The van der Waals surface area contributed by atoms with E-state index in [0.29, 0.717) is 20.2 Å². The average Bonchev–Trinajstić information content (AvgIpc) is 2.43. The number of hydrogen-bond acceptors (Lipinski definition) is 2. The fourth-order valence-corrected chi connectivity index (χ4v) is 2.88. The summed E-state index contributed by atoms with van der Waals surface area (Å²) in [4.78, 5) is 23.1. The number of hydrogen-bond donors (Lipinski definition) is 2. The molecule has 0 aromatic heterocycles. The lowest BCUT2D eigenvalue weighted by Gasteiger charge is -2.09. The molecule has 7 heteroatoms. The Hall–Kier alpha value is -1.18. The van der Waals surface area contributed by atoms with Crippen LogP contribution in [0.15, 0.2) is 49.8 Å². The van der Waals surface area contributed by atoms with Crippen LogP contribution in [0.1, 0.15) is 20.7 Å². The molecule has 21 heavy (non-hydrogen) atoms. The van der Waals surface area contributed by atoms with Gasteiger partial charge in [0, 0.05) is 13.4 Å². The molecule has 2 aromatic rings. The van der Waals surface area contributed by atoms with Gasteiger partial charge in [-0.2, -0.15) is 0 Å². The van der Waals surface area contributed by atoms with Gasteiger partial charge < -0.3 is 10.4 Å². The lowest BCUT2D eigenvalue weighted by molar-refractivity contribution is 0.0696. The number of aromatic carboxylic acids is 1. The van der Waals surface area contributed by atoms with E-state index in [0.717, 1.165) is 4.47 Å². The highest BCUT2D eigenvalue weighted by molar-refractivity contribution is 9.11. The molecule has 0 heterocycles. The van der Waals surface area contributed by atoms with Gasteiger partial charge in [0.1, 0.15) is 0 Å². The average molecular weight is 478 g/mol. The lowest BCUT2D eigenvalue weighted by Crippen LogP contribution is -2.13. The third-order valence-corrected chi connectivity index (χ3v) is 4.48. The maximum atomic E-state index is 12.3. The molecule has 0 fully saturated rings. The van der Waals surface area contributed by atoms with Crippen molar-refractivity contribution in [1.29, 1.82) is 0 Å². The van der Waals surface area contributed by atoms with Crippen LogP contribution in [0.2, 0.25) is 0 Å². The first-order chi connectivity index (χ1) is 9.88. The summed E-state index contributed by atoms with van der Waals surface area (Å²) < 4.78 is 1.96. The van der Waals surface area contributed by atoms with E-state index in [1.807, 2.05) is 6.07 Å². The molecular weight excluding hydrogens is 470 g/mol. The molecule has 0 aliphatic carbocycles. The summed E-state index contributed by atoms with van der Waals surface area (Å²) in [5.74, 6) is -1.32. The Morgan fingerprint density at radius 3 is 2.29 bits per heavy atom. The number of carboxylic acid groups (broad SMARTS) is 1. The van der Waals surface area contributed by atoms with Crippen molar-refractivity contribution in [1.82, 2.24) is 0 Å². The van der Waals surface area contributed by atoms with Gasteiger partial charge in [-0.15, -0.1) is 0 Å². The number of nitrogens with one attached hydrogen (secondary N) is 1. The summed E-state index contributed by atoms with van der Waals surface area (Å²) >= 11 is 9.89. The third kappa shape index (κ3) is 3.93. The van der Waals surface area contributed by atoms with Gasteiger partial charge in [0.25, 0.3) is 5.91 Å². The van der Waals surface area contributed by atoms with Crippen molar-refractivity contribution in [2.45, 2.75) is 0 Å². The summed E-state index contributed by atoms with van der Waals surface area (Å²) in [5, 5.41) is 11.6. The predicted molar refractivity (Wildman–Crippen MR) is 90.9 cm³/mol. The summed E-state index contributed by atoms with van der Waals surface area (Å²) in [6.07, 6.45) is 0. The zero-order valence-electron chi connectivity index (χ0n) is 10.4. The minimum atomic E-state index is -1.02. The zero-order chi connectivity index (χ0) is 15.6. The van der Waals surface area contributed by atoms with Gasteiger partial charge in [0.05, 0.1) is 16.8 Å². The predicted octanol–water partition coefficient (Wildman–Crippen LogP) is 4.92. The molecule has 4 nitrogen and oxygen atoms in total. The monoisotopic (exact) mass is 475 g/mol. The van der Waals surface area contributed by atoms with E-state index in [9.17, 15) is 9.59 Å². The van der Waals surface area contributed by atoms with Crippen LogP contribution >= 0.6 is 47.8 Å². The highest BCUT2D eigenvalue weighted by atomic mass is 79.9. The largest absolute Gasteiger partial charge is 0.478 e. The Morgan fingerprint density at radius 2 is 1.67 bits per heavy atom. The van der Waals surface area contributed by atoms with Crippen LogP contribution in [0.25, 0.3) is 0 Å². The van der Waals surface area contributed by atoms with Crippen molar-refractivity contribution in [3.63, 3.8) is 0 Å². The molecule has 2 aromatic carbocycles. The molecule has 0 aliphatic heterocycles. The first-order valence-corrected chi connectivity index (χ1v) is 8.05. The van der Waals surface area contributed by atoms with Crippen molar-refractivity contribution < 1.29 is 14.7 Å². The molecule has 0 saturated carbocycles. The Kier molecular flexibility index (Phi) is 5.18. The molecule has 2 rings (SSSR count). The molecule has 0 spiro atoms. The first-order valence-electron chi connectivity index (χ1n) is 5.67. The van der Waals surface area contributed by atoms with Crippen molar-refractivity contribution >= 4 is 65.4 Å². The lowest BCUT2D eigenvalue weighted by atomic mass is 10.2. The van der Waals surface area contributed by atoms with Crippen LogP contribution in [-0.2, 0) is 0 Å². The summed E-state index contributed by atoms with van der Waals surface area (Å²) in [6, 6.07) is 9.68. The number of carbonyl (C=O) groups excluding carboxylic acids is 1.